The Morgan fingerprint density at radius 1 is 1.27 bits per heavy atom. The van der Waals surface area contributed by atoms with E-state index in [1.54, 1.807) is 13.2 Å². The summed E-state index contributed by atoms with van der Waals surface area (Å²) in [4.78, 5) is 23.6. The number of benzene rings is 1. The minimum Gasteiger partial charge on any atom is -0.385 e. The normalized spacial score (nSPS) is 13.5. The molecule has 3 amide bonds. The zero-order chi connectivity index (χ0) is 15.9. The number of aryl methyl sites for hydroxylation is 1. The molecule has 0 aliphatic heterocycles. The van der Waals surface area contributed by atoms with E-state index in [-0.39, 0.29) is 17.9 Å². The average Bonchev–Trinajstić information content (AvgIpc) is 3.32. The molecule has 1 aliphatic rings. The highest BCUT2D eigenvalue weighted by Gasteiger charge is 2.29. The Balaban J connectivity index is 1.88. The second-order valence-corrected chi connectivity index (χ2v) is 5.52. The number of anilines is 2. The molecule has 6 heteroatoms. The summed E-state index contributed by atoms with van der Waals surface area (Å²) < 4.78 is 4.93. The molecule has 0 heterocycles. The van der Waals surface area contributed by atoms with Crippen molar-refractivity contribution in [3.63, 3.8) is 0 Å². The van der Waals surface area contributed by atoms with Crippen molar-refractivity contribution in [2.24, 2.45) is 5.92 Å². The summed E-state index contributed by atoms with van der Waals surface area (Å²) in [6.07, 6.45) is 2.69. The smallest absolute Gasteiger partial charge is 0.319 e. The summed E-state index contributed by atoms with van der Waals surface area (Å²) in [5.41, 5.74) is 2.34. The zero-order valence-electron chi connectivity index (χ0n) is 13.1. The first-order valence-electron chi connectivity index (χ1n) is 7.55. The number of amides is 3. The predicted octanol–water partition coefficient (Wildman–Crippen LogP) is 2.50. The van der Waals surface area contributed by atoms with Gasteiger partial charge >= 0.3 is 6.03 Å². The van der Waals surface area contributed by atoms with Crippen molar-refractivity contribution < 1.29 is 14.3 Å². The van der Waals surface area contributed by atoms with E-state index in [1.807, 2.05) is 19.1 Å². The molecule has 0 bridgehead atoms. The average molecular weight is 305 g/mol. The molecule has 0 atom stereocenters. The van der Waals surface area contributed by atoms with Gasteiger partial charge in [-0.15, -0.1) is 0 Å². The van der Waals surface area contributed by atoms with Crippen molar-refractivity contribution in [1.82, 2.24) is 5.32 Å². The lowest BCUT2D eigenvalue weighted by atomic mass is 10.1. The van der Waals surface area contributed by atoms with Crippen molar-refractivity contribution in [2.45, 2.75) is 26.2 Å². The minimum absolute atomic E-state index is 0.0545. The molecule has 0 saturated heterocycles. The second-order valence-electron chi connectivity index (χ2n) is 5.52. The predicted molar refractivity (Wildman–Crippen MR) is 86.0 cm³/mol. The van der Waals surface area contributed by atoms with Crippen LogP contribution < -0.4 is 16.0 Å². The largest absolute Gasteiger partial charge is 0.385 e. The van der Waals surface area contributed by atoms with Crippen LogP contribution in [-0.4, -0.2) is 32.2 Å². The third-order valence-electron chi connectivity index (χ3n) is 3.51. The third-order valence-corrected chi connectivity index (χ3v) is 3.51. The lowest BCUT2D eigenvalue weighted by Gasteiger charge is -2.12. The fourth-order valence-corrected chi connectivity index (χ4v) is 2.01. The number of carbonyl (C=O) groups excluding carboxylic acids is 2. The Bertz CT molecular complexity index is 541. The Hall–Kier alpha value is -2.08. The van der Waals surface area contributed by atoms with E-state index in [1.165, 1.54) is 0 Å². The molecule has 0 spiro atoms. The lowest BCUT2D eigenvalue weighted by molar-refractivity contribution is -0.117. The fourth-order valence-electron chi connectivity index (χ4n) is 2.01. The van der Waals surface area contributed by atoms with Crippen LogP contribution in [0.1, 0.15) is 24.8 Å². The van der Waals surface area contributed by atoms with Gasteiger partial charge in [-0.25, -0.2) is 4.79 Å². The summed E-state index contributed by atoms with van der Waals surface area (Å²) >= 11 is 0. The number of rotatable bonds is 7. The quantitative estimate of drug-likeness (QED) is 0.677. The molecule has 0 aromatic heterocycles. The zero-order valence-corrected chi connectivity index (χ0v) is 13.1. The SMILES string of the molecule is COCCCNC(=O)Nc1cc(NC(=O)C2CC2)ccc1C. The maximum atomic E-state index is 11.8. The van der Waals surface area contributed by atoms with E-state index < -0.39 is 0 Å². The van der Waals surface area contributed by atoms with E-state index in [4.69, 9.17) is 4.74 Å². The topological polar surface area (TPSA) is 79.5 Å². The van der Waals surface area contributed by atoms with Crippen LogP contribution in [0.3, 0.4) is 0 Å². The molecule has 1 aliphatic carbocycles. The van der Waals surface area contributed by atoms with Gasteiger partial charge in [0, 0.05) is 37.6 Å². The monoisotopic (exact) mass is 305 g/mol. The molecule has 3 N–H and O–H groups in total. The first-order valence-corrected chi connectivity index (χ1v) is 7.55. The van der Waals surface area contributed by atoms with E-state index in [0.29, 0.717) is 24.5 Å². The first-order chi connectivity index (χ1) is 10.6. The second kappa shape index (κ2) is 7.79. The summed E-state index contributed by atoms with van der Waals surface area (Å²) in [6.45, 7) is 3.08. The highest BCUT2D eigenvalue weighted by molar-refractivity contribution is 5.96. The summed E-state index contributed by atoms with van der Waals surface area (Å²) in [5.74, 6) is 0.209. The molecule has 22 heavy (non-hydrogen) atoms. The van der Waals surface area contributed by atoms with Crippen molar-refractivity contribution in [2.75, 3.05) is 30.9 Å². The van der Waals surface area contributed by atoms with Crippen LogP contribution in [0.4, 0.5) is 16.2 Å². The summed E-state index contributed by atoms with van der Waals surface area (Å²) in [7, 11) is 1.63. The lowest BCUT2D eigenvalue weighted by Crippen LogP contribution is -2.30. The molecule has 0 radical (unpaired) electrons. The maximum Gasteiger partial charge on any atom is 0.319 e. The van der Waals surface area contributed by atoms with Crippen molar-refractivity contribution in [3.05, 3.63) is 23.8 Å². The van der Waals surface area contributed by atoms with Gasteiger partial charge in [0.25, 0.3) is 0 Å². The van der Waals surface area contributed by atoms with E-state index in [9.17, 15) is 9.59 Å². The van der Waals surface area contributed by atoms with Gasteiger partial charge in [0.05, 0.1) is 0 Å². The fraction of sp³-hybridized carbons (Fsp3) is 0.500. The van der Waals surface area contributed by atoms with Crippen molar-refractivity contribution >= 4 is 23.3 Å². The van der Waals surface area contributed by atoms with Crippen molar-refractivity contribution in [3.8, 4) is 0 Å². The van der Waals surface area contributed by atoms with Gasteiger partial charge in [0.1, 0.15) is 0 Å². The number of urea groups is 1. The molecule has 2 rings (SSSR count). The molecule has 1 saturated carbocycles. The summed E-state index contributed by atoms with van der Waals surface area (Å²) in [6, 6.07) is 5.25. The first kappa shape index (κ1) is 16.3. The Morgan fingerprint density at radius 3 is 2.73 bits per heavy atom. The Kier molecular flexibility index (Phi) is 5.77. The Labute approximate surface area is 130 Å². The van der Waals surface area contributed by atoms with Crippen LogP contribution in [0, 0.1) is 12.8 Å². The van der Waals surface area contributed by atoms with E-state index >= 15 is 0 Å². The van der Waals surface area contributed by atoms with Gasteiger partial charge in [-0.2, -0.15) is 0 Å². The summed E-state index contributed by atoms with van der Waals surface area (Å²) in [5, 5.41) is 8.45. The standard InChI is InChI=1S/C16H23N3O3/c1-11-4-7-13(18-15(20)12-5-6-12)10-14(11)19-16(21)17-8-3-9-22-2/h4,7,10,12H,3,5-6,8-9H2,1-2H3,(H,18,20)(H2,17,19,21). The number of nitrogens with one attached hydrogen (secondary N) is 3. The van der Waals surface area contributed by atoms with Crippen LogP contribution in [0.5, 0.6) is 0 Å². The molecular weight excluding hydrogens is 282 g/mol. The number of hydrogen-bond acceptors (Lipinski definition) is 3. The highest BCUT2D eigenvalue weighted by atomic mass is 16.5. The molecule has 0 unspecified atom stereocenters. The van der Waals surface area contributed by atoms with Gasteiger partial charge in [0.15, 0.2) is 0 Å². The van der Waals surface area contributed by atoms with Crippen LogP contribution in [0.15, 0.2) is 18.2 Å². The molecule has 1 aromatic carbocycles. The number of hydrogen-bond donors (Lipinski definition) is 3. The maximum absolute atomic E-state index is 11.8. The molecular formula is C16H23N3O3. The molecule has 1 fully saturated rings. The highest BCUT2D eigenvalue weighted by Crippen LogP contribution is 2.30. The van der Waals surface area contributed by atoms with Crippen LogP contribution in [0.25, 0.3) is 0 Å². The minimum atomic E-state index is -0.259. The van der Waals surface area contributed by atoms with Gasteiger partial charge in [-0.3, -0.25) is 4.79 Å². The number of ether oxygens (including phenoxy) is 1. The van der Waals surface area contributed by atoms with Gasteiger partial charge in [-0.1, -0.05) is 6.07 Å². The van der Waals surface area contributed by atoms with Crippen LogP contribution in [-0.2, 0) is 9.53 Å². The van der Waals surface area contributed by atoms with Crippen LogP contribution in [0.2, 0.25) is 0 Å². The number of carbonyl (C=O) groups is 2. The van der Waals surface area contributed by atoms with Gasteiger partial charge in [-0.05, 0) is 43.9 Å². The Morgan fingerprint density at radius 2 is 2.05 bits per heavy atom. The van der Waals surface area contributed by atoms with Crippen LogP contribution >= 0.6 is 0 Å². The van der Waals surface area contributed by atoms with Gasteiger partial charge in [0.2, 0.25) is 5.91 Å². The molecule has 120 valence electrons. The number of methoxy groups -OCH3 is 1. The molecule has 1 aromatic rings. The van der Waals surface area contributed by atoms with Crippen molar-refractivity contribution in [1.29, 1.82) is 0 Å². The third kappa shape index (κ3) is 5.04. The molecule has 6 nitrogen and oxygen atoms in total. The van der Waals surface area contributed by atoms with E-state index in [0.717, 1.165) is 24.8 Å². The van der Waals surface area contributed by atoms with E-state index in [2.05, 4.69) is 16.0 Å². The van der Waals surface area contributed by atoms with Gasteiger partial charge < -0.3 is 20.7 Å².